The SMILES string of the molecule is CCCCNc1nc(C)ncc1OCc1cc(OCC2CC2)c(OC)cn1. The quantitative estimate of drug-likeness (QED) is 0.602. The second-order valence-electron chi connectivity index (χ2n) is 6.78. The first-order chi connectivity index (χ1) is 13.2. The van der Waals surface area contributed by atoms with E-state index in [9.17, 15) is 0 Å². The van der Waals surface area contributed by atoms with E-state index in [0.717, 1.165) is 37.5 Å². The van der Waals surface area contributed by atoms with Crippen LogP contribution in [0.4, 0.5) is 5.82 Å². The van der Waals surface area contributed by atoms with Gasteiger partial charge in [0.15, 0.2) is 23.1 Å². The summed E-state index contributed by atoms with van der Waals surface area (Å²) in [5.74, 6) is 4.06. The molecule has 146 valence electrons. The molecule has 3 rings (SSSR count). The molecular weight excluding hydrogens is 344 g/mol. The number of rotatable bonds is 11. The van der Waals surface area contributed by atoms with Gasteiger partial charge in [0.05, 0.1) is 31.8 Å². The lowest BCUT2D eigenvalue weighted by Gasteiger charge is -2.14. The van der Waals surface area contributed by atoms with Crippen molar-refractivity contribution in [1.29, 1.82) is 0 Å². The molecule has 0 saturated heterocycles. The van der Waals surface area contributed by atoms with Gasteiger partial charge in [-0.05, 0) is 32.1 Å². The van der Waals surface area contributed by atoms with Crippen molar-refractivity contribution in [3.8, 4) is 17.2 Å². The molecule has 0 bridgehead atoms. The molecule has 0 spiro atoms. The average Bonchev–Trinajstić information content (AvgIpc) is 3.50. The normalized spacial score (nSPS) is 13.3. The van der Waals surface area contributed by atoms with E-state index in [4.69, 9.17) is 14.2 Å². The first-order valence-corrected chi connectivity index (χ1v) is 9.55. The molecule has 0 unspecified atom stereocenters. The number of unbranched alkanes of at least 4 members (excludes halogenated alkanes) is 1. The Labute approximate surface area is 160 Å². The molecule has 1 saturated carbocycles. The van der Waals surface area contributed by atoms with Gasteiger partial charge >= 0.3 is 0 Å². The van der Waals surface area contributed by atoms with Crippen LogP contribution in [0.15, 0.2) is 18.5 Å². The zero-order chi connectivity index (χ0) is 19.1. The minimum Gasteiger partial charge on any atom is -0.491 e. The van der Waals surface area contributed by atoms with Gasteiger partial charge in [-0.15, -0.1) is 0 Å². The summed E-state index contributed by atoms with van der Waals surface area (Å²) < 4.78 is 17.2. The highest BCUT2D eigenvalue weighted by Crippen LogP contribution is 2.33. The van der Waals surface area contributed by atoms with Crippen LogP contribution in [0.5, 0.6) is 17.2 Å². The van der Waals surface area contributed by atoms with E-state index in [1.54, 1.807) is 19.5 Å². The summed E-state index contributed by atoms with van der Waals surface area (Å²) in [4.78, 5) is 13.1. The van der Waals surface area contributed by atoms with Gasteiger partial charge in [0.1, 0.15) is 12.4 Å². The van der Waals surface area contributed by atoms with Gasteiger partial charge in [-0.3, -0.25) is 4.98 Å². The van der Waals surface area contributed by atoms with Crippen LogP contribution >= 0.6 is 0 Å². The van der Waals surface area contributed by atoms with Crippen LogP contribution in [0, 0.1) is 12.8 Å². The number of pyridine rings is 1. The number of anilines is 1. The van der Waals surface area contributed by atoms with Crippen LogP contribution in [0.2, 0.25) is 0 Å². The number of aromatic nitrogens is 3. The van der Waals surface area contributed by atoms with Gasteiger partial charge in [0, 0.05) is 12.6 Å². The fourth-order valence-corrected chi connectivity index (χ4v) is 2.53. The molecule has 1 fully saturated rings. The predicted octanol–water partition coefficient (Wildman–Crippen LogP) is 3.77. The fraction of sp³-hybridized carbons (Fsp3) is 0.550. The molecule has 1 N–H and O–H groups in total. The third-order valence-electron chi connectivity index (χ3n) is 4.35. The molecule has 1 aliphatic carbocycles. The zero-order valence-electron chi connectivity index (χ0n) is 16.3. The maximum absolute atomic E-state index is 5.93. The minimum atomic E-state index is 0.304. The van der Waals surface area contributed by atoms with Crippen LogP contribution in [0.1, 0.15) is 44.1 Å². The molecule has 27 heavy (non-hydrogen) atoms. The molecule has 0 atom stereocenters. The first-order valence-electron chi connectivity index (χ1n) is 9.55. The Hall–Kier alpha value is -2.57. The Morgan fingerprint density at radius 1 is 1.11 bits per heavy atom. The van der Waals surface area contributed by atoms with E-state index in [2.05, 4.69) is 27.2 Å². The van der Waals surface area contributed by atoms with Gasteiger partial charge in [-0.25, -0.2) is 9.97 Å². The molecular formula is C20H28N4O3. The standard InChI is InChI=1S/C20H28N4O3/c1-4-5-8-21-20-19(11-22-14(2)24-20)27-13-16-9-17(18(25-3)10-23-16)26-12-15-6-7-15/h9-11,15H,4-8,12-13H2,1-3H3,(H,21,22,24). The molecule has 0 amide bonds. The highest BCUT2D eigenvalue weighted by molar-refractivity contribution is 5.48. The third kappa shape index (κ3) is 5.70. The topological polar surface area (TPSA) is 78.4 Å². The van der Waals surface area contributed by atoms with E-state index < -0.39 is 0 Å². The third-order valence-corrected chi connectivity index (χ3v) is 4.35. The summed E-state index contributed by atoms with van der Waals surface area (Å²) in [6.07, 6.45) is 8.05. The molecule has 0 radical (unpaired) electrons. The monoisotopic (exact) mass is 372 g/mol. The highest BCUT2D eigenvalue weighted by Gasteiger charge is 2.22. The van der Waals surface area contributed by atoms with Crippen molar-refractivity contribution < 1.29 is 14.2 Å². The summed E-state index contributed by atoms with van der Waals surface area (Å²) in [7, 11) is 1.62. The highest BCUT2D eigenvalue weighted by atomic mass is 16.5. The van der Waals surface area contributed by atoms with E-state index in [1.807, 2.05) is 13.0 Å². The zero-order valence-corrected chi connectivity index (χ0v) is 16.3. The molecule has 1 aliphatic rings. The maximum Gasteiger partial charge on any atom is 0.180 e. The Balaban J connectivity index is 1.65. The number of nitrogens with one attached hydrogen (secondary N) is 1. The van der Waals surface area contributed by atoms with E-state index in [-0.39, 0.29) is 0 Å². The van der Waals surface area contributed by atoms with Gasteiger partial charge in [0.2, 0.25) is 0 Å². The number of hydrogen-bond acceptors (Lipinski definition) is 7. The maximum atomic E-state index is 5.93. The smallest absolute Gasteiger partial charge is 0.180 e. The van der Waals surface area contributed by atoms with Crippen LogP contribution in [-0.4, -0.2) is 35.2 Å². The van der Waals surface area contributed by atoms with Crippen LogP contribution in [0.25, 0.3) is 0 Å². The number of nitrogens with zero attached hydrogens (tertiary/aromatic N) is 3. The van der Waals surface area contributed by atoms with Crippen molar-refractivity contribution in [3.63, 3.8) is 0 Å². The molecule has 2 aromatic rings. The first kappa shape index (κ1) is 19.2. The van der Waals surface area contributed by atoms with E-state index in [1.165, 1.54) is 12.8 Å². The predicted molar refractivity (Wildman–Crippen MR) is 104 cm³/mol. The lowest BCUT2D eigenvalue weighted by atomic mass is 10.3. The summed E-state index contributed by atoms with van der Waals surface area (Å²) in [6, 6.07) is 1.88. The summed E-state index contributed by atoms with van der Waals surface area (Å²) in [5.41, 5.74) is 0.765. The molecule has 7 nitrogen and oxygen atoms in total. The van der Waals surface area contributed by atoms with E-state index in [0.29, 0.717) is 35.6 Å². The van der Waals surface area contributed by atoms with Crippen LogP contribution in [0.3, 0.4) is 0 Å². The van der Waals surface area contributed by atoms with Gasteiger partial charge in [0.25, 0.3) is 0 Å². The lowest BCUT2D eigenvalue weighted by molar-refractivity contribution is 0.273. The summed E-state index contributed by atoms with van der Waals surface area (Å²) in [5, 5.41) is 3.32. The Kier molecular flexibility index (Phi) is 6.68. The Morgan fingerprint density at radius 3 is 2.67 bits per heavy atom. The van der Waals surface area contributed by atoms with Crippen molar-refractivity contribution in [3.05, 3.63) is 30.0 Å². The molecule has 0 aromatic carbocycles. The van der Waals surface area contributed by atoms with Gasteiger partial charge in [-0.1, -0.05) is 13.3 Å². The van der Waals surface area contributed by atoms with Gasteiger partial charge in [-0.2, -0.15) is 0 Å². The van der Waals surface area contributed by atoms with Crippen molar-refractivity contribution in [2.45, 2.75) is 46.1 Å². The van der Waals surface area contributed by atoms with Crippen molar-refractivity contribution in [1.82, 2.24) is 15.0 Å². The van der Waals surface area contributed by atoms with Crippen LogP contribution in [-0.2, 0) is 6.61 Å². The molecule has 2 aromatic heterocycles. The summed E-state index contributed by atoms with van der Waals surface area (Å²) in [6.45, 7) is 5.89. The number of hydrogen-bond donors (Lipinski definition) is 1. The second-order valence-corrected chi connectivity index (χ2v) is 6.78. The number of aryl methyl sites for hydroxylation is 1. The average molecular weight is 372 g/mol. The molecule has 2 heterocycles. The van der Waals surface area contributed by atoms with E-state index >= 15 is 0 Å². The lowest BCUT2D eigenvalue weighted by Crippen LogP contribution is -2.08. The molecule has 7 heteroatoms. The van der Waals surface area contributed by atoms with Crippen LogP contribution < -0.4 is 19.5 Å². The van der Waals surface area contributed by atoms with Crippen molar-refractivity contribution >= 4 is 5.82 Å². The minimum absolute atomic E-state index is 0.304. The second kappa shape index (κ2) is 9.39. The van der Waals surface area contributed by atoms with Crippen molar-refractivity contribution in [2.24, 2.45) is 5.92 Å². The number of ether oxygens (including phenoxy) is 3. The summed E-state index contributed by atoms with van der Waals surface area (Å²) >= 11 is 0. The molecule has 0 aliphatic heterocycles. The Morgan fingerprint density at radius 2 is 1.93 bits per heavy atom. The Bertz CT molecular complexity index is 750. The van der Waals surface area contributed by atoms with Crippen molar-refractivity contribution in [2.75, 3.05) is 25.6 Å². The largest absolute Gasteiger partial charge is 0.491 e. The van der Waals surface area contributed by atoms with Gasteiger partial charge < -0.3 is 19.5 Å². The number of methoxy groups -OCH3 is 1. The fourth-order valence-electron chi connectivity index (χ4n) is 2.53.